The van der Waals surface area contributed by atoms with Crippen molar-refractivity contribution in [3.05, 3.63) is 95.3 Å². The van der Waals surface area contributed by atoms with Gasteiger partial charge in [0.1, 0.15) is 11.6 Å². The van der Waals surface area contributed by atoms with Crippen LogP contribution in [0.4, 0.5) is 10.1 Å². The number of anilines is 1. The fourth-order valence-electron chi connectivity index (χ4n) is 3.41. The molecule has 1 unspecified atom stereocenters. The van der Waals surface area contributed by atoms with Crippen molar-refractivity contribution in [2.24, 2.45) is 5.10 Å². The van der Waals surface area contributed by atoms with Crippen molar-refractivity contribution in [1.29, 1.82) is 0 Å². The highest BCUT2D eigenvalue weighted by atomic mass is 19.1. The molecule has 0 amide bonds. The van der Waals surface area contributed by atoms with Crippen LogP contribution in [0.15, 0.2) is 77.9 Å². The summed E-state index contributed by atoms with van der Waals surface area (Å²) in [4.78, 5) is 11.2. The molecule has 146 valence electrons. The van der Waals surface area contributed by atoms with E-state index in [4.69, 9.17) is 14.9 Å². The van der Waals surface area contributed by atoms with Gasteiger partial charge in [-0.15, -0.1) is 0 Å². The number of hydrogen-bond acceptors (Lipinski definition) is 4. The van der Waals surface area contributed by atoms with E-state index in [-0.39, 0.29) is 17.4 Å². The van der Waals surface area contributed by atoms with E-state index >= 15 is 0 Å². The van der Waals surface area contributed by atoms with Gasteiger partial charge >= 0.3 is 5.97 Å². The van der Waals surface area contributed by atoms with Gasteiger partial charge in [0, 0.05) is 6.42 Å². The van der Waals surface area contributed by atoms with Crippen LogP contribution in [0.3, 0.4) is 0 Å². The van der Waals surface area contributed by atoms with Crippen LogP contribution in [0.2, 0.25) is 0 Å². The number of halogens is 1. The van der Waals surface area contributed by atoms with Crippen molar-refractivity contribution < 1.29 is 19.0 Å². The zero-order valence-electron chi connectivity index (χ0n) is 15.7. The first kappa shape index (κ1) is 18.7. The second-order valence-corrected chi connectivity index (χ2v) is 6.74. The molecule has 1 heterocycles. The number of hydrazone groups is 1. The molecule has 0 saturated carbocycles. The largest absolute Gasteiger partial charge is 0.497 e. The number of rotatable bonds is 5. The highest BCUT2D eigenvalue weighted by Gasteiger charge is 2.30. The summed E-state index contributed by atoms with van der Waals surface area (Å²) in [6, 6.07) is 20.6. The molecule has 1 aliphatic heterocycles. The summed E-state index contributed by atoms with van der Waals surface area (Å²) in [6.45, 7) is 0. The average molecular weight is 390 g/mol. The topological polar surface area (TPSA) is 62.1 Å². The Morgan fingerprint density at radius 1 is 1.03 bits per heavy atom. The molecule has 0 bridgehead atoms. The molecule has 0 fully saturated rings. The second kappa shape index (κ2) is 7.75. The lowest BCUT2D eigenvalue weighted by atomic mass is 9.98. The number of ether oxygens (including phenoxy) is 1. The molecule has 6 heteroatoms. The van der Waals surface area contributed by atoms with Crippen LogP contribution < -0.4 is 9.75 Å². The summed E-state index contributed by atoms with van der Waals surface area (Å²) in [5, 5.41) is 15.8. The third kappa shape index (κ3) is 3.82. The summed E-state index contributed by atoms with van der Waals surface area (Å²) in [6.07, 6.45) is 0.638. The second-order valence-electron chi connectivity index (χ2n) is 6.74. The number of carboxylic acids is 1. The Kier molecular flexibility index (Phi) is 4.99. The van der Waals surface area contributed by atoms with Crippen LogP contribution in [0, 0.1) is 5.82 Å². The van der Waals surface area contributed by atoms with Crippen LogP contribution in [-0.4, -0.2) is 23.9 Å². The van der Waals surface area contributed by atoms with Gasteiger partial charge in [-0.05, 0) is 59.7 Å². The third-order valence-corrected chi connectivity index (χ3v) is 4.97. The summed E-state index contributed by atoms with van der Waals surface area (Å²) in [7, 11) is 1.62. The lowest BCUT2D eigenvalue weighted by molar-refractivity contribution is 0.0697. The summed E-state index contributed by atoms with van der Waals surface area (Å²) in [5.74, 6) is -0.496. The molecule has 0 saturated heterocycles. The molecule has 1 N–H and O–H groups in total. The van der Waals surface area contributed by atoms with Crippen molar-refractivity contribution in [2.45, 2.75) is 12.5 Å². The molecule has 29 heavy (non-hydrogen) atoms. The molecule has 1 aliphatic rings. The molecule has 0 aromatic heterocycles. The van der Waals surface area contributed by atoms with Gasteiger partial charge in [-0.3, -0.25) is 5.01 Å². The van der Waals surface area contributed by atoms with Gasteiger partial charge < -0.3 is 9.84 Å². The molecule has 3 aromatic rings. The fraction of sp³-hybridized carbons (Fsp3) is 0.130. The first-order valence-corrected chi connectivity index (χ1v) is 9.15. The molecule has 0 spiro atoms. The summed E-state index contributed by atoms with van der Waals surface area (Å²) >= 11 is 0. The summed E-state index contributed by atoms with van der Waals surface area (Å²) in [5.41, 5.74) is 3.75. The number of carboxylic acid groups (broad SMARTS) is 1. The third-order valence-electron chi connectivity index (χ3n) is 4.97. The number of benzene rings is 3. The maximum atomic E-state index is 13.3. The van der Waals surface area contributed by atoms with Crippen molar-refractivity contribution in [3.63, 3.8) is 0 Å². The van der Waals surface area contributed by atoms with Crippen molar-refractivity contribution in [3.8, 4) is 5.75 Å². The van der Waals surface area contributed by atoms with E-state index in [9.17, 15) is 9.18 Å². The Morgan fingerprint density at radius 3 is 2.28 bits per heavy atom. The van der Waals surface area contributed by atoms with E-state index in [2.05, 4.69) is 0 Å². The number of carbonyl (C=O) groups is 1. The molecule has 1 atom stereocenters. The van der Waals surface area contributed by atoms with E-state index in [1.165, 1.54) is 12.1 Å². The molecular weight excluding hydrogens is 371 g/mol. The zero-order valence-corrected chi connectivity index (χ0v) is 15.7. The average Bonchev–Trinajstić information content (AvgIpc) is 3.20. The van der Waals surface area contributed by atoms with Crippen LogP contribution >= 0.6 is 0 Å². The van der Waals surface area contributed by atoms with E-state index in [0.717, 1.165) is 28.3 Å². The first-order valence-electron chi connectivity index (χ1n) is 9.15. The quantitative estimate of drug-likeness (QED) is 0.674. The van der Waals surface area contributed by atoms with Gasteiger partial charge in [-0.2, -0.15) is 5.10 Å². The number of hydrogen-bond donors (Lipinski definition) is 1. The highest BCUT2D eigenvalue weighted by molar-refractivity contribution is 6.03. The minimum absolute atomic E-state index is 0.0726. The van der Waals surface area contributed by atoms with Gasteiger partial charge in [0.05, 0.1) is 30.1 Å². The number of methoxy groups -OCH3 is 1. The maximum absolute atomic E-state index is 13.3. The molecule has 3 aromatic carbocycles. The van der Waals surface area contributed by atoms with E-state index in [0.29, 0.717) is 6.42 Å². The Bertz CT molecular complexity index is 1040. The molecule has 4 rings (SSSR count). The highest BCUT2D eigenvalue weighted by Crippen LogP contribution is 2.37. The van der Waals surface area contributed by atoms with Crippen LogP contribution in [0.1, 0.15) is 33.9 Å². The standard InChI is InChI=1S/C23H19FN2O3/c1-29-20-12-6-16(7-13-20)22-14-21(15-2-8-18(24)9-3-15)25-26(22)19-10-4-17(5-11-19)23(27)28/h2-13,22H,14H2,1H3,(H,27,28). The molecule has 5 nitrogen and oxygen atoms in total. The SMILES string of the molecule is COc1ccc(C2CC(c3ccc(F)cc3)=NN2c2ccc(C(=O)O)cc2)cc1. The van der Waals surface area contributed by atoms with Crippen LogP contribution in [-0.2, 0) is 0 Å². The summed E-state index contributed by atoms with van der Waals surface area (Å²) < 4.78 is 18.6. The zero-order chi connectivity index (χ0) is 20.4. The van der Waals surface area contributed by atoms with E-state index < -0.39 is 5.97 Å². The normalized spacial score (nSPS) is 15.9. The minimum atomic E-state index is -0.972. The Morgan fingerprint density at radius 2 is 1.69 bits per heavy atom. The van der Waals surface area contributed by atoms with E-state index in [1.807, 2.05) is 29.3 Å². The molecule has 0 radical (unpaired) electrons. The van der Waals surface area contributed by atoms with Crippen LogP contribution in [0.25, 0.3) is 0 Å². The van der Waals surface area contributed by atoms with Crippen molar-refractivity contribution >= 4 is 17.4 Å². The van der Waals surface area contributed by atoms with Crippen molar-refractivity contribution in [2.75, 3.05) is 12.1 Å². The molecular formula is C23H19FN2O3. The van der Waals surface area contributed by atoms with Crippen molar-refractivity contribution in [1.82, 2.24) is 0 Å². The predicted octanol–water partition coefficient (Wildman–Crippen LogP) is 4.89. The van der Waals surface area contributed by atoms with Crippen LogP contribution in [0.5, 0.6) is 5.75 Å². The Labute approximate surface area is 167 Å². The lowest BCUT2D eigenvalue weighted by Crippen LogP contribution is -2.18. The monoisotopic (exact) mass is 390 g/mol. The van der Waals surface area contributed by atoms with Gasteiger partial charge in [-0.25, -0.2) is 9.18 Å². The van der Waals surface area contributed by atoms with E-state index in [1.54, 1.807) is 43.5 Å². The fourth-order valence-corrected chi connectivity index (χ4v) is 3.41. The lowest BCUT2D eigenvalue weighted by Gasteiger charge is -2.24. The van der Waals surface area contributed by atoms with Gasteiger partial charge in [0.2, 0.25) is 0 Å². The van der Waals surface area contributed by atoms with Gasteiger partial charge in [0.25, 0.3) is 0 Å². The Balaban J connectivity index is 1.72. The smallest absolute Gasteiger partial charge is 0.335 e. The number of nitrogens with zero attached hydrogens (tertiary/aromatic N) is 2. The van der Waals surface area contributed by atoms with Gasteiger partial charge in [0.15, 0.2) is 0 Å². The maximum Gasteiger partial charge on any atom is 0.335 e. The van der Waals surface area contributed by atoms with Gasteiger partial charge in [-0.1, -0.05) is 24.3 Å². The number of aromatic carboxylic acids is 1. The molecule has 0 aliphatic carbocycles. The first-order chi connectivity index (χ1) is 14.0. The minimum Gasteiger partial charge on any atom is -0.497 e. The Hall–Kier alpha value is -3.67. The predicted molar refractivity (Wildman–Crippen MR) is 109 cm³/mol.